The zero-order valence-corrected chi connectivity index (χ0v) is 26.4. The number of carbonyl (C=O) groups is 1. The maximum absolute atomic E-state index is 14.5. The van der Waals surface area contributed by atoms with E-state index in [0.29, 0.717) is 32.8 Å². The summed E-state index contributed by atoms with van der Waals surface area (Å²) in [6, 6.07) is 23.3. The van der Waals surface area contributed by atoms with Gasteiger partial charge in [0.25, 0.3) is 5.56 Å². The summed E-state index contributed by atoms with van der Waals surface area (Å²) in [5, 5.41) is 1.88. The molecule has 3 aromatic carbocycles. The van der Waals surface area contributed by atoms with E-state index in [1.807, 2.05) is 60.7 Å². The maximum Gasteiger partial charge on any atom is 0.338 e. The van der Waals surface area contributed by atoms with Crippen LogP contribution in [0.25, 0.3) is 22.5 Å². The van der Waals surface area contributed by atoms with Gasteiger partial charge in [-0.25, -0.2) is 9.79 Å². The SMILES string of the molecule is CCCC1=C(C(=O)OCC)[C@@H](c2c(OC)ccc3ccccc23)n2c(s/c(=C\c3cc(C)n(-c4ccccc4)c3C)c2=O)=N1. The van der Waals surface area contributed by atoms with Crippen molar-refractivity contribution in [2.75, 3.05) is 13.7 Å². The number of rotatable bonds is 8. The molecule has 8 heteroatoms. The number of carbonyl (C=O) groups excluding carboxylic acids is 1. The van der Waals surface area contributed by atoms with Crippen LogP contribution in [-0.2, 0) is 9.53 Å². The molecule has 1 atom stereocenters. The molecule has 1 aliphatic heterocycles. The lowest BCUT2D eigenvalue weighted by Crippen LogP contribution is -2.40. The van der Waals surface area contributed by atoms with Crippen molar-refractivity contribution in [1.82, 2.24) is 9.13 Å². The predicted molar refractivity (Wildman–Crippen MR) is 175 cm³/mol. The van der Waals surface area contributed by atoms with Crippen molar-refractivity contribution in [3.63, 3.8) is 0 Å². The van der Waals surface area contributed by atoms with Crippen LogP contribution in [0.3, 0.4) is 0 Å². The van der Waals surface area contributed by atoms with Crippen LogP contribution in [-0.4, -0.2) is 28.8 Å². The van der Waals surface area contributed by atoms with E-state index in [-0.39, 0.29) is 12.2 Å². The topological polar surface area (TPSA) is 74.8 Å². The third-order valence-electron chi connectivity index (χ3n) is 8.09. The highest BCUT2D eigenvalue weighted by molar-refractivity contribution is 7.07. The number of aryl methyl sites for hydroxylation is 1. The van der Waals surface area contributed by atoms with Crippen LogP contribution < -0.4 is 19.6 Å². The van der Waals surface area contributed by atoms with Gasteiger partial charge in [0.1, 0.15) is 11.8 Å². The highest BCUT2D eigenvalue weighted by Crippen LogP contribution is 2.41. The highest BCUT2D eigenvalue weighted by atomic mass is 32.1. The second kappa shape index (κ2) is 12.1. The number of thiazole rings is 1. The first-order valence-corrected chi connectivity index (χ1v) is 15.7. The fraction of sp³-hybridized carbons (Fsp3) is 0.250. The summed E-state index contributed by atoms with van der Waals surface area (Å²) >= 11 is 1.34. The molecule has 3 heterocycles. The third kappa shape index (κ3) is 4.99. The Morgan fingerprint density at radius 3 is 2.50 bits per heavy atom. The summed E-state index contributed by atoms with van der Waals surface area (Å²) in [5.41, 5.74) is 5.67. The van der Waals surface area contributed by atoms with Gasteiger partial charge in [-0.1, -0.05) is 73.2 Å². The number of methoxy groups -OCH3 is 1. The van der Waals surface area contributed by atoms with Gasteiger partial charge < -0.3 is 14.0 Å². The van der Waals surface area contributed by atoms with Gasteiger partial charge in [-0.3, -0.25) is 9.36 Å². The standard InChI is InChI=1S/C36H35N3O4S/c1-6-13-28-32(35(41)43-7-2)33(31-27-17-12-11-14-24(27)18-19-29(31)42-5)39-34(40)30(44-36(39)37-28)21-25-20-22(3)38(23(25)4)26-15-9-8-10-16-26/h8-12,14-21,33H,6-7,13H2,1-5H3/b30-21-/t33-/m1/s1. The van der Waals surface area contributed by atoms with Crippen LogP contribution >= 0.6 is 11.3 Å². The fourth-order valence-electron chi connectivity index (χ4n) is 6.18. The molecule has 0 amide bonds. The molecule has 0 fully saturated rings. The fourth-order valence-corrected chi connectivity index (χ4v) is 7.19. The molecule has 0 unspecified atom stereocenters. The molecular weight excluding hydrogens is 570 g/mol. The monoisotopic (exact) mass is 605 g/mol. The van der Waals surface area contributed by atoms with E-state index < -0.39 is 12.0 Å². The van der Waals surface area contributed by atoms with Crippen LogP contribution in [0.15, 0.2) is 93.9 Å². The first-order valence-electron chi connectivity index (χ1n) is 14.9. The Labute approximate surface area is 260 Å². The Morgan fingerprint density at radius 2 is 1.77 bits per heavy atom. The molecule has 7 nitrogen and oxygen atoms in total. The first-order chi connectivity index (χ1) is 21.4. The van der Waals surface area contributed by atoms with Gasteiger partial charge in [0.15, 0.2) is 4.80 Å². The zero-order valence-electron chi connectivity index (χ0n) is 25.6. The van der Waals surface area contributed by atoms with Gasteiger partial charge in [0.05, 0.1) is 29.5 Å². The van der Waals surface area contributed by atoms with Gasteiger partial charge in [-0.2, -0.15) is 0 Å². The largest absolute Gasteiger partial charge is 0.496 e. The van der Waals surface area contributed by atoms with Gasteiger partial charge in [0.2, 0.25) is 0 Å². The average molecular weight is 606 g/mol. The van der Waals surface area contributed by atoms with Crippen LogP contribution in [0.4, 0.5) is 0 Å². The number of aromatic nitrogens is 2. The van der Waals surface area contributed by atoms with E-state index in [1.54, 1.807) is 18.6 Å². The molecule has 0 N–H and O–H groups in total. The Bertz CT molecular complexity index is 2100. The minimum absolute atomic E-state index is 0.211. The summed E-state index contributed by atoms with van der Waals surface area (Å²) in [7, 11) is 1.61. The molecule has 0 saturated heterocycles. The Hall–Kier alpha value is -4.69. The van der Waals surface area contributed by atoms with Gasteiger partial charge in [-0.15, -0.1) is 0 Å². The quantitative estimate of drug-likeness (QED) is 0.199. The first kappa shape index (κ1) is 29.4. The molecule has 2 aromatic heterocycles. The number of ether oxygens (including phenoxy) is 2. The zero-order chi connectivity index (χ0) is 31.0. The number of hydrogen-bond acceptors (Lipinski definition) is 6. The molecule has 6 rings (SSSR count). The molecule has 44 heavy (non-hydrogen) atoms. The summed E-state index contributed by atoms with van der Waals surface area (Å²) < 4.78 is 15.9. The van der Waals surface area contributed by atoms with Crippen molar-refractivity contribution in [2.24, 2.45) is 4.99 Å². The number of benzene rings is 3. The van der Waals surface area contributed by atoms with E-state index in [1.165, 1.54) is 11.3 Å². The van der Waals surface area contributed by atoms with Crippen LogP contribution in [0, 0.1) is 13.8 Å². The summed E-state index contributed by atoms with van der Waals surface area (Å²) in [6.07, 6.45) is 3.29. The molecule has 0 aliphatic carbocycles. The lowest BCUT2D eigenvalue weighted by atomic mass is 9.90. The predicted octanol–water partition coefficient (Wildman–Crippen LogP) is 6.15. The smallest absolute Gasteiger partial charge is 0.338 e. The minimum atomic E-state index is -0.771. The molecule has 0 spiro atoms. The van der Waals surface area contributed by atoms with E-state index >= 15 is 0 Å². The number of hydrogen-bond donors (Lipinski definition) is 0. The highest BCUT2D eigenvalue weighted by Gasteiger charge is 2.37. The van der Waals surface area contributed by atoms with E-state index in [9.17, 15) is 9.59 Å². The molecule has 0 bridgehead atoms. The van der Waals surface area contributed by atoms with E-state index in [0.717, 1.165) is 45.4 Å². The Kier molecular flexibility index (Phi) is 8.10. The average Bonchev–Trinajstić information content (AvgIpc) is 3.49. The molecule has 5 aromatic rings. The van der Waals surface area contributed by atoms with Crippen molar-refractivity contribution >= 4 is 34.2 Å². The van der Waals surface area contributed by atoms with Gasteiger partial charge in [0, 0.05) is 22.6 Å². The molecular formula is C36H35N3O4S. The number of allylic oxidation sites excluding steroid dienone is 1. The number of esters is 1. The number of nitrogens with zero attached hydrogens (tertiary/aromatic N) is 3. The van der Waals surface area contributed by atoms with Crippen molar-refractivity contribution in [2.45, 2.75) is 46.6 Å². The van der Waals surface area contributed by atoms with Gasteiger partial charge in [-0.05, 0) is 73.9 Å². The maximum atomic E-state index is 14.5. The van der Waals surface area contributed by atoms with Crippen molar-refractivity contribution in [3.8, 4) is 11.4 Å². The van der Waals surface area contributed by atoms with Crippen LogP contribution in [0.2, 0.25) is 0 Å². The third-order valence-corrected chi connectivity index (χ3v) is 9.07. The lowest BCUT2D eigenvalue weighted by Gasteiger charge is -2.28. The second-order valence-corrected chi connectivity index (χ2v) is 11.8. The molecule has 0 saturated carbocycles. The number of para-hydroxylation sites is 1. The normalized spacial score (nSPS) is 14.9. The molecule has 1 aliphatic rings. The number of fused-ring (bicyclic) bond motifs is 2. The molecule has 0 radical (unpaired) electrons. The Balaban J connectivity index is 1.65. The summed E-state index contributed by atoms with van der Waals surface area (Å²) in [4.78, 5) is 33.7. The molecule has 224 valence electrons. The Morgan fingerprint density at radius 1 is 1.02 bits per heavy atom. The van der Waals surface area contributed by atoms with Crippen LogP contribution in [0.5, 0.6) is 5.75 Å². The lowest BCUT2D eigenvalue weighted by molar-refractivity contribution is -0.139. The summed E-state index contributed by atoms with van der Waals surface area (Å²) in [5.74, 6) is 0.120. The van der Waals surface area contributed by atoms with Crippen LogP contribution in [0.1, 0.15) is 55.2 Å². The van der Waals surface area contributed by atoms with Crippen molar-refractivity contribution in [3.05, 3.63) is 126 Å². The second-order valence-electron chi connectivity index (χ2n) is 10.8. The van der Waals surface area contributed by atoms with E-state index in [4.69, 9.17) is 14.5 Å². The van der Waals surface area contributed by atoms with Crippen molar-refractivity contribution < 1.29 is 14.3 Å². The summed E-state index contributed by atoms with van der Waals surface area (Å²) in [6.45, 7) is 8.17. The van der Waals surface area contributed by atoms with E-state index in [2.05, 4.69) is 43.5 Å². The minimum Gasteiger partial charge on any atom is -0.496 e. The van der Waals surface area contributed by atoms with Crippen molar-refractivity contribution in [1.29, 1.82) is 0 Å². The van der Waals surface area contributed by atoms with Gasteiger partial charge >= 0.3 is 5.97 Å².